The lowest BCUT2D eigenvalue weighted by Gasteiger charge is -2.25. The van der Waals surface area contributed by atoms with Gasteiger partial charge in [0.05, 0.1) is 33.7 Å². The van der Waals surface area contributed by atoms with E-state index in [2.05, 4.69) is 46.8 Å². The van der Waals surface area contributed by atoms with Gasteiger partial charge in [-0.05, 0) is 103 Å². The molecule has 0 aliphatic carbocycles. The average Bonchev–Trinajstić information content (AvgIpc) is 3.98. The molecular weight excluding hydrogens is 860 g/mol. The van der Waals surface area contributed by atoms with Crippen molar-refractivity contribution in [2.45, 2.75) is 46.4 Å². The number of halogens is 1. The Hall–Kier alpha value is -6.79. The van der Waals surface area contributed by atoms with Crippen LogP contribution in [-0.4, -0.2) is 107 Å². The smallest absolute Gasteiger partial charge is 0.307 e. The summed E-state index contributed by atoms with van der Waals surface area (Å²) >= 11 is 6.89. The van der Waals surface area contributed by atoms with Crippen LogP contribution in [0.15, 0.2) is 85.2 Å². The van der Waals surface area contributed by atoms with E-state index in [0.717, 1.165) is 44.5 Å². The number of aromatic nitrogens is 1. The minimum Gasteiger partial charge on any atom is -0.488 e. The van der Waals surface area contributed by atoms with E-state index in [4.69, 9.17) is 21.1 Å². The van der Waals surface area contributed by atoms with Crippen LogP contribution in [0.2, 0.25) is 5.02 Å². The number of likely N-dealkylation sites (tertiary alicyclic amines) is 2. The van der Waals surface area contributed by atoms with E-state index in [1.807, 2.05) is 42.5 Å². The summed E-state index contributed by atoms with van der Waals surface area (Å²) in [4.78, 5) is 61.9. The number of benzene rings is 4. The molecule has 2 fully saturated rings. The van der Waals surface area contributed by atoms with Gasteiger partial charge in [-0.3, -0.25) is 29.1 Å². The van der Waals surface area contributed by atoms with E-state index in [1.54, 1.807) is 36.3 Å². The fraction of sp³-hybridized carbons (Fsp3) is 0.333. The minimum absolute atomic E-state index is 0.0622. The minimum atomic E-state index is -0.809. The number of carboxylic acids is 2. The SMILES string of the molecule is Cc1c(COc2cc(OCc3cncc(C#N)c3)c(CN3CCC(C(=O)O)C3)cc2Cl)cccc1-c1cccc(-c2ccc3c(c2)C(=O)N(C)CC(=O)N3CCN2CCC(C(=O)O)C2)c1C. The second-order valence-electron chi connectivity index (χ2n) is 17.4. The van der Waals surface area contributed by atoms with Crippen LogP contribution in [0.4, 0.5) is 5.69 Å². The molecule has 4 heterocycles. The number of amides is 2. The van der Waals surface area contributed by atoms with Crippen LogP contribution in [-0.2, 0) is 34.1 Å². The standard InChI is InChI=1S/C51H51ClN6O8/c1-31-38(30-66-47-21-46(65-29-34-18-33(22-53)23-54-24-34)39(20-44(47)52)27-57-15-13-37(26-57)51(63)64)6-4-8-41(31)42-9-5-7-40(32(42)2)35-10-11-45-43(19-35)49(60)55(3)28-48(59)58(45)17-16-56-14-12-36(25-56)50(61)62/h4-11,18-21,23-24,36-37H,12-17,25-30H2,1-3H3,(H,61,62)(H,63,64). The van der Waals surface area contributed by atoms with Gasteiger partial charge in [0.1, 0.15) is 37.3 Å². The number of carbonyl (C=O) groups excluding carboxylic acids is 2. The summed E-state index contributed by atoms with van der Waals surface area (Å²) in [6.07, 6.45) is 4.26. The number of fused-ring (bicyclic) bond motifs is 1. The Morgan fingerprint density at radius 3 is 2.20 bits per heavy atom. The zero-order valence-electron chi connectivity index (χ0n) is 37.1. The Morgan fingerprint density at radius 2 is 1.47 bits per heavy atom. The Balaban J connectivity index is 1.03. The van der Waals surface area contributed by atoms with Gasteiger partial charge < -0.3 is 34.4 Å². The number of carboxylic acid groups (broad SMARTS) is 2. The Bertz CT molecular complexity index is 2760. The maximum Gasteiger partial charge on any atom is 0.307 e. The van der Waals surface area contributed by atoms with E-state index < -0.39 is 23.8 Å². The molecule has 2 N–H and O–H groups in total. The quantitative estimate of drug-likeness (QED) is 0.106. The maximum atomic E-state index is 13.8. The number of aliphatic carboxylic acids is 2. The summed E-state index contributed by atoms with van der Waals surface area (Å²) in [5.41, 5.74) is 9.62. The number of nitriles is 1. The topological polar surface area (TPSA) is 177 Å². The largest absolute Gasteiger partial charge is 0.488 e. The summed E-state index contributed by atoms with van der Waals surface area (Å²) in [5.74, 6) is -1.97. The zero-order chi connectivity index (χ0) is 46.6. The number of pyridine rings is 1. The summed E-state index contributed by atoms with van der Waals surface area (Å²) in [5, 5.41) is 28.8. The van der Waals surface area contributed by atoms with Crippen molar-refractivity contribution >= 4 is 41.0 Å². The van der Waals surface area contributed by atoms with Crippen molar-refractivity contribution in [1.82, 2.24) is 19.7 Å². The van der Waals surface area contributed by atoms with Crippen LogP contribution in [0.25, 0.3) is 22.3 Å². The van der Waals surface area contributed by atoms with Crippen LogP contribution in [0.3, 0.4) is 0 Å². The number of ether oxygens (including phenoxy) is 2. The normalized spacial score (nSPS) is 17.7. The highest BCUT2D eigenvalue weighted by Gasteiger charge is 2.33. The lowest BCUT2D eigenvalue weighted by molar-refractivity contribution is -0.142. The van der Waals surface area contributed by atoms with Gasteiger partial charge in [-0.2, -0.15) is 5.26 Å². The highest BCUT2D eigenvalue weighted by atomic mass is 35.5. The summed E-state index contributed by atoms with van der Waals surface area (Å²) in [6, 6.07) is 25.2. The van der Waals surface area contributed by atoms with Crippen molar-refractivity contribution in [3.05, 3.63) is 129 Å². The zero-order valence-corrected chi connectivity index (χ0v) is 37.9. The van der Waals surface area contributed by atoms with Crippen molar-refractivity contribution in [1.29, 1.82) is 5.26 Å². The average molecular weight is 911 g/mol. The lowest BCUT2D eigenvalue weighted by atomic mass is 9.89. The highest BCUT2D eigenvalue weighted by Crippen LogP contribution is 2.39. The molecule has 0 saturated carbocycles. The number of likely N-dealkylation sites (N-methyl/N-ethyl adjacent to an activating group) is 1. The van der Waals surface area contributed by atoms with Crippen molar-refractivity contribution in [2.24, 2.45) is 11.8 Å². The molecule has 340 valence electrons. The maximum absolute atomic E-state index is 13.8. The number of anilines is 1. The molecule has 2 unspecified atom stereocenters. The third kappa shape index (κ3) is 9.89. The van der Waals surface area contributed by atoms with Crippen molar-refractivity contribution in [3.8, 4) is 39.8 Å². The van der Waals surface area contributed by atoms with Crippen LogP contribution < -0.4 is 14.4 Å². The van der Waals surface area contributed by atoms with Crippen molar-refractivity contribution in [2.75, 3.05) is 57.8 Å². The Labute approximate surface area is 388 Å². The second kappa shape index (κ2) is 19.8. The van der Waals surface area contributed by atoms with Crippen molar-refractivity contribution in [3.63, 3.8) is 0 Å². The van der Waals surface area contributed by atoms with Gasteiger partial charge in [0, 0.05) is 69.4 Å². The van der Waals surface area contributed by atoms with E-state index in [-0.39, 0.29) is 31.6 Å². The predicted molar refractivity (Wildman–Crippen MR) is 248 cm³/mol. The summed E-state index contributed by atoms with van der Waals surface area (Å²) < 4.78 is 12.8. The third-order valence-corrected chi connectivity index (χ3v) is 13.3. The molecule has 2 amide bonds. The molecule has 0 bridgehead atoms. The van der Waals surface area contributed by atoms with Gasteiger partial charge in [0.25, 0.3) is 5.91 Å². The molecule has 5 aromatic rings. The number of rotatable bonds is 15. The molecule has 3 aliphatic rings. The van der Waals surface area contributed by atoms with Crippen LogP contribution in [0.5, 0.6) is 11.5 Å². The van der Waals surface area contributed by atoms with Crippen molar-refractivity contribution < 1.29 is 38.9 Å². The van der Waals surface area contributed by atoms with E-state index in [9.17, 15) is 34.7 Å². The highest BCUT2D eigenvalue weighted by molar-refractivity contribution is 6.32. The molecule has 2 saturated heterocycles. The third-order valence-electron chi connectivity index (χ3n) is 13.0. The monoisotopic (exact) mass is 910 g/mol. The van der Waals surface area contributed by atoms with Crippen LogP contribution >= 0.6 is 11.6 Å². The molecule has 2 atom stereocenters. The van der Waals surface area contributed by atoms with Crippen LogP contribution in [0, 0.1) is 37.0 Å². The van der Waals surface area contributed by atoms with Gasteiger partial charge in [0.15, 0.2) is 0 Å². The molecule has 66 heavy (non-hydrogen) atoms. The summed E-state index contributed by atoms with van der Waals surface area (Å²) in [6.45, 7) is 7.79. The molecular formula is C51H51ClN6O8. The first-order valence-corrected chi connectivity index (χ1v) is 22.4. The Morgan fingerprint density at radius 1 is 0.788 bits per heavy atom. The fourth-order valence-corrected chi connectivity index (χ4v) is 9.45. The van der Waals surface area contributed by atoms with Gasteiger partial charge in [-0.25, -0.2) is 0 Å². The van der Waals surface area contributed by atoms with Gasteiger partial charge in [-0.1, -0.05) is 54.1 Å². The molecule has 3 aliphatic heterocycles. The first-order valence-electron chi connectivity index (χ1n) is 22.0. The van der Waals surface area contributed by atoms with Gasteiger partial charge in [-0.15, -0.1) is 0 Å². The number of carbonyl (C=O) groups is 4. The molecule has 4 aromatic carbocycles. The predicted octanol–water partition coefficient (Wildman–Crippen LogP) is 7.45. The number of hydrogen-bond acceptors (Lipinski definition) is 10. The van der Waals surface area contributed by atoms with Crippen LogP contribution in [0.1, 0.15) is 56.6 Å². The van der Waals surface area contributed by atoms with E-state index >= 15 is 0 Å². The van der Waals surface area contributed by atoms with Gasteiger partial charge in [0.2, 0.25) is 5.91 Å². The molecule has 1 aromatic heterocycles. The number of nitrogens with zero attached hydrogens (tertiary/aromatic N) is 6. The molecule has 0 radical (unpaired) electrons. The second-order valence-corrected chi connectivity index (χ2v) is 17.8. The van der Waals surface area contributed by atoms with E-state index in [0.29, 0.717) is 97.6 Å². The number of hydrogen-bond donors (Lipinski definition) is 2. The van der Waals surface area contributed by atoms with Gasteiger partial charge >= 0.3 is 11.9 Å². The molecule has 0 spiro atoms. The first kappa shape index (κ1) is 45.8. The fourth-order valence-electron chi connectivity index (χ4n) is 9.21. The summed E-state index contributed by atoms with van der Waals surface area (Å²) in [7, 11) is 1.63. The lowest BCUT2D eigenvalue weighted by Crippen LogP contribution is -2.41. The molecule has 14 nitrogen and oxygen atoms in total. The molecule has 15 heteroatoms. The Kier molecular flexibility index (Phi) is 13.7. The van der Waals surface area contributed by atoms with E-state index in [1.165, 1.54) is 11.1 Å². The first-order chi connectivity index (χ1) is 31.8. The molecule has 8 rings (SSSR count).